The van der Waals surface area contributed by atoms with Crippen molar-refractivity contribution >= 4 is 0 Å². The molecule has 0 saturated carbocycles. The predicted octanol–water partition coefficient (Wildman–Crippen LogP) is 2.22. The van der Waals surface area contributed by atoms with Crippen molar-refractivity contribution < 1.29 is 41.3 Å². The Morgan fingerprint density at radius 1 is 0.333 bits per heavy atom. The molecule has 0 aromatic carbocycles. The minimum absolute atomic E-state index is 0. The third-order valence-electron chi connectivity index (χ3n) is 0.889. The summed E-state index contributed by atoms with van der Waals surface area (Å²) < 4.78 is 0. The van der Waals surface area contributed by atoms with Crippen LogP contribution in [-0.4, -0.2) is 0 Å². The van der Waals surface area contributed by atoms with Gasteiger partial charge in [0.1, 0.15) is 0 Å². The van der Waals surface area contributed by atoms with Gasteiger partial charge < -0.3 is 0 Å². The molecule has 0 atom stereocenters. The fourth-order valence-electron chi connectivity index (χ4n) is 0.513. The van der Waals surface area contributed by atoms with Gasteiger partial charge >= 0.3 is 0 Å². The second-order valence-electron chi connectivity index (χ2n) is 1.54. The van der Waals surface area contributed by atoms with E-state index in [1.165, 1.54) is 0 Å². The third kappa shape index (κ3) is 4.80. The maximum atomic E-state index is 2.00. The van der Waals surface area contributed by atoms with Gasteiger partial charge in [0.25, 0.3) is 0 Å². The van der Waals surface area contributed by atoms with Gasteiger partial charge in [-0.15, -0.1) is 0 Å². The number of hydrogen-bond acceptors (Lipinski definition) is 0. The van der Waals surface area contributed by atoms with E-state index in [4.69, 9.17) is 0 Å². The first kappa shape index (κ1) is 9.32. The quantitative estimate of drug-likeness (QED) is 0.613. The third-order valence-corrected chi connectivity index (χ3v) is 0.889. The summed E-state index contributed by atoms with van der Waals surface area (Å²) in [5, 5.41) is 0. The van der Waals surface area contributed by atoms with Gasteiger partial charge in [0.05, 0.1) is 0 Å². The van der Waals surface area contributed by atoms with Crippen molar-refractivity contribution in [3.63, 3.8) is 0 Å². The van der Waals surface area contributed by atoms with Crippen LogP contribution in [0.15, 0.2) is 48.6 Å². The molecule has 0 N–H and O–H groups in total. The van der Waals surface area contributed by atoms with Crippen molar-refractivity contribution in [3.8, 4) is 0 Å². The minimum atomic E-state index is 0. The fourth-order valence-corrected chi connectivity index (χ4v) is 0.513. The molecule has 0 aromatic rings. The van der Waals surface area contributed by atoms with Crippen LogP contribution in [-0.2, 0) is 0 Å². The Labute approximate surface area is 89.0 Å². The van der Waals surface area contributed by atoms with E-state index in [1.807, 2.05) is 48.6 Å². The summed E-state index contributed by atoms with van der Waals surface area (Å²) in [6.07, 6.45) is 16.0. The summed E-state index contributed by atoms with van der Waals surface area (Å²) in [6, 6.07) is 0. The molecule has 0 unspecified atom stereocenters. The number of hydrogen-bond donors (Lipinski definition) is 0. The summed E-state index contributed by atoms with van der Waals surface area (Å²) in [7, 11) is 0. The van der Waals surface area contributed by atoms with Crippen LogP contribution in [0.5, 0.6) is 0 Å². The van der Waals surface area contributed by atoms with E-state index in [-0.39, 0.29) is 41.3 Å². The van der Waals surface area contributed by atoms with Crippen molar-refractivity contribution in [3.05, 3.63) is 48.6 Å². The predicted molar refractivity (Wildman–Crippen MR) is 36.6 cm³/mol. The SMILES string of the molecule is C1=CC=CC=CC=C1.[Pr]. The van der Waals surface area contributed by atoms with Crippen LogP contribution in [0.4, 0.5) is 0 Å². The zero-order valence-electron chi connectivity index (χ0n) is 5.20. The van der Waals surface area contributed by atoms with Crippen LogP contribution in [0, 0.1) is 41.3 Å². The average Bonchev–Trinajstić information content (AvgIpc) is 1.62. The molecular formula is C8H8Pr. The summed E-state index contributed by atoms with van der Waals surface area (Å²) >= 11 is 0. The first-order chi connectivity index (χ1) is 4.00. The van der Waals surface area contributed by atoms with Gasteiger partial charge in [-0.05, 0) is 0 Å². The molecule has 0 bridgehead atoms. The molecule has 1 aliphatic carbocycles. The second kappa shape index (κ2) is 6.44. The molecular weight excluding hydrogens is 237 g/mol. The van der Waals surface area contributed by atoms with Crippen LogP contribution < -0.4 is 0 Å². The van der Waals surface area contributed by atoms with Gasteiger partial charge in [0.2, 0.25) is 0 Å². The first-order valence-corrected chi connectivity index (χ1v) is 2.67. The van der Waals surface area contributed by atoms with E-state index < -0.39 is 0 Å². The van der Waals surface area contributed by atoms with Crippen molar-refractivity contribution in [1.29, 1.82) is 0 Å². The monoisotopic (exact) mass is 245 g/mol. The molecule has 1 radical (unpaired) electrons. The summed E-state index contributed by atoms with van der Waals surface area (Å²) in [6.45, 7) is 0. The Hall–Kier alpha value is 0.324. The van der Waals surface area contributed by atoms with E-state index in [9.17, 15) is 0 Å². The minimum Gasteiger partial charge on any atom is -0.0623 e. The smallest absolute Gasteiger partial charge is 0 e. The average molecular weight is 245 g/mol. The maximum absolute atomic E-state index is 2.00. The normalized spacial score (nSPS) is 14.2. The molecule has 1 aliphatic rings. The summed E-state index contributed by atoms with van der Waals surface area (Å²) in [5.74, 6) is 0. The Kier molecular flexibility index (Phi) is 6.68. The second-order valence-corrected chi connectivity index (χ2v) is 1.54. The Balaban J connectivity index is 0.000000640. The maximum Gasteiger partial charge on any atom is 0 e. The van der Waals surface area contributed by atoms with E-state index in [0.29, 0.717) is 0 Å². The van der Waals surface area contributed by atoms with Crippen LogP contribution in [0.1, 0.15) is 0 Å². The zero-order valence-corrected chi connectivity index (χ0v) is 8.90. The molecule has 9 heavy (non-hydrogen) atoms. The fraction of sp³-hybridized carbons (Fsp3) is 0. The summed E-state index contributed by atoms with van der Waals surface area (Å²) in [4.78, 5) is 0. The van der Waals surface area contributed by atoms with Crippen molar-refractivity contribution in [2.24, 2.45) is 0 Å². The van der Waals surface area contributed by atoms with Crippen LogP contribution in [0.25, 0.3) is 0 Å². The molecule has 43 valence electrons. The van der Waals surface area contributed by atoms with Gasteiger partial charge in [0.15, 0.2) is 0 Å². The van der Waals surface area contributed by atoms with Crippen molar-refractivity contribution in [1.82, 2.24) is 0 Å². The van der Waals surface area contributed by atoms with Crippen molar-refractivity contribution in [2.45, 2.75) is 0 Å². The van der Waals surface area contributed by atoms with Crippen molar-refractivity contribution in [2.75, 3.05) is 0 Å². The molecule has 0 spiro atoms. The molecule has 1 rings (SSSR count). The van der Waals surface area contributed by atoms with E-state index >= 15 is 0 Å². The Bertz CT molecular complexity index is 105. The first-order valence-electron chi connectivity index (χ1n) is 2.67. The van der Waals surface area contributed by atoms with Gasteiger partial charge in [-0.25, -0.2) is 0 Å². The zero-order chi connectivity index (χ0) is 5.66. The standard InChI is InChI=1S/C8H8.Pr/c1-2-4-6-8-7-5-3-1;/h1-8H;. The molecule has 0 fully saturated rings. The van der Waals surface area contributed by atoms with E-state index in [2.05, 4.69) is 0 Å². The van der Waals surface area contributed by atoms with Gasteiger partial charge in [-0.1, -0.05) is 48.6 Å². The van der Waals surface area contributed by atoms with Crippen LogP contribution >= 0.6 is 0 Å². The summed E-state index contributed by atoms with van der Waals surface area (Å²) in [5.41, 5.74) is 0. The molecule has 1 heteroatoms. The topological polar surface area (TPSA) is 0 Å². The number of rotatable bonds is 0. The molecule has 0 amide bonds. The van der Waals surface area contributed by atoms with Gasteiger partial charge in [0, 0.05) is 41.3 Å². The van der Waals surface area contributed by atoms with Crippen LogP contribution in [0.3, 0.4) is 0 Å². The van der Waals surface area contributed by atoms with E-state index in [1.54, 1.807) is 0 Å². The van der Waals surface area contributed by atoms with Gasteiger partial charge in [-0.2, -0.15) is 0 Å². The molecule has 0 nitrogen and oxygen atoms in total. The van der Waals surface area contributed by atoms with E-state index in [0.717, 1.165) is 0 Å². The van der Waals surface area contributed by atoms with Crippen LogP contribution in [0.2, 0.25) is 0 Å². The Morgan fingerprint density at radius 3 is 0.556 bits per heavy atom. The number of allylic oxidation sites excluding steroid dienone is 8. The Morgan fingerprint density at radius 2 is 0.444 bits per heavy atom. The molecule has 0 aromatic heterocycles. The molecule has 0 heterocycles. The van der Waals surface area contributed by atoms with Gasteiger partial charge in [-0.3, -0.25) is 0 Å². The molecule has 0 aliphatic heterocycles. The largest absolute Gasteiger partial charge is 0.0623 e. The molecule has 0 saturated heterocycles.